The van der Waals surface area contributed by atoms with Gasteiger partial charge in [0.15, 0.2) is 0 Å². The van der Waals surface area contributed by atoms with Crippen LogP contribution in [-0.4, -0.2) is 49.1 Å². The van der Waals surface area contributed by atoms with E-state index in [-0.39, 0.29) is 23.1 Å². The van der Waals surface area contributed by atoms with Crippen molar-refractivity contribution in [1.29, 1.82) is 0 Å². The lowest BCUT2D eigenvalue weighted by molar-refractivity contribution is -0.129. The summed E-state index contributed by atoms with van der Waals surface area (Å²) >= 11 is 0. The number of carbonyl (C=O) groups is 2. The summed E-state index contributed by atoms with van der Waals surface area (Å²) in [4.78, 5) is 26.0. The molecule has 0 unspecified atom stereocenters. The number of nitrogens with zero attached hydrogens (tertiary/aromatic N) is 2. The first-order valence-corrected chi connectivity index (χ1v) is 12.4. The highest BCUT2D eigenvalue weighted by molar-refractivity contribution is 7.89. The minimum Gasteiger partial charge on any atom is -0.339 e. The number of aryl methyl sites for hydroxylation is 1. The van der Waals surface area contributed by atoms with Gasteiger partial charge in [0.1, 0.15) is 0 Å². The van der Waals surface area contributed by atoms with E-state index >= 15 is 0 Å². The van der Waals surface area contributed by atoms with Crippen LogP contribution in [0.2, 0.25) is 0 Å². The molecule has 2 aromatic carbocycles. The van der Waals surface area contributed by atoms with Crippen LogP contribution in [0.1, 0.15) is 45.2 Å². The molecule has 1 N–H and O–H groups in total. The van der Waals surface area contributed by atoms with Gasteiger partial charge in [-0.05, 0) is 48.7 Å². The molecular formula is C24H33N3O4S. The standard InChI is InChI=1S/C24H33N3O4S/c1-5-26(19(4)28)18-21-9-8-10-22(17-21)25-24(29)16-13-20-11-14-23(15-12-20)32(30,31)27(6-2)7-3/h8-12,14-15,17H,5-7,13,16,18H2,1-4H3,(H,25,29). The van der Waals surface area contributed by atoms with Gasteiger partial charge in [-0.2, -0.15) is 4.31 Å². The van der Waals surface area contributed by atoms with E-state index in [2.05, 4.69) is 5.32 Å². The topological polar surface area (TPSA) is 86.8 Å². The average molecular weight is 460 g/mol. The van der Waals surface area contributed by atoms with E-state index in [1.807, 2.05) is 45.0 Å². The van der Waals surface area contributed by atoms with Crippen LogP contribution in [-0.2, 0) is 32.6 Å². The van der Waals surface area contributed by atoms with Gasteiger partial charge >= 0.3 is 0 Å². The number of carbonyl (C=O) groups excluding carboxylic acids is 2. The molecule has 174 valence electrons. The normalized spacial score (nSPS) is 11.4. The summed E-state index contributed by atoms with van der Waals surface area (Å²) in [5.41, 5.74) is 2.53. The third-order valence-electron chi connectivity index (χ3n) is 5.32. The Morgan fingerprint density at radius 2 is 1.56 bits per heavy atom. The molecule has 0 radical (unpaired) electrons. The Bertz CT molecular complexity index is 1020. The smallest absolute Gasteiger partial charge is 0.243 e. The molecule has 0 saturated carbocycles. The summed E-state index contributed by atoms with van der Waals surface area (Å²) in [6.07, 6.45) is 0.784. The zero-order chi connectivity index (χ0) is 23.7. The van der Waals surface area contributed by atoms with Gasteiger partial charge in [-0.25, -0.2) is 8.42 Å². The molecule has 0 aliphatic carbocycles. The highest BCUT2D eigenvalue weighted by Gasteiger charge is 2.21. The fourth-order valence-electron chi connectivity index (χ4n) is 3.44. The zero-order valence-corrected chi connectivity index (χ0v) is 20.1. The van der Waals surface area contributed by atoms with Gasteiger partial charge in [0, 0.05) is 45.2 Å². The highest BCUT2D eigenvalue weighted by Crippen LogP contribution is 2.18. The second-order valence-corrected chi connectivity index (χ2v) is 9.45. The Hall–Kier alpha value is -2.71. The van der Waals surface area contributed by atoms with E-state index in [4.69, 9.17) is 0 Å². The van der Waals surface area contributed by atoms with Crippen molar-refractivity contribution in [2.24, 2.45) is 0 Å². The summed E-state index contributed by atoms with van der Waals surface area (Å²) in [7, 11) is -3.48. The van der Waals surface area contributed by atoms with Crippen molar-refractivity contribution in [3.8, 4) is 0 Å². The quantitative estimate of drug-likeness (QED) is 0.556. The van der Waals surface area contributed by atoms with Crippen LogP contribution >= 0.6 is 0 Å². The van der Waals surface area contributed by atoms with Gasteiger partial charge in [0.05, 0.1) is 4.90 Å². The van der Waals surface area contributed by atoms with Crippen molar-refractivity contribution in [2.45, 2.75) is 52.0 Å². The van der Waals surface area contributed by atoms with Gasteiger partial charge in [-0.3, -0.25) is 9.59 Å². The van der Waals surface area contributed by atoms with E-state index in [0.717, 1.165) is 11.1 Å². The van der Waals surface area contributed by atoms with Gasteiger partial charge < -0.3 is 10.2 Å². The van der Waals surface area contributed by atoms with E-state index in [9.17, 15) is 18.0 Å². The second-order valence-electron chi connectivity index (χ2n) is 7.52. The summed E-state index contributed by atoms with van der Waals surface area (Å²) < 4.78 is 26.5. The van der Waals surface area contributed by atoms with Gasteiger partial charge in [-0.1, -0.05) is 38.1 Å². The molecule has 0 saturated heterocycles. The lowest BCUT2D eigenvalue weighted by atomic mass is 10.1. The fourth-order valence-corrected chi connectivity index (χ4v) is 4.89. The number of benzene rings is 2. The Balaban J connectivity index is 1.95. The zero-order valence-electron chi connectivity index (χ0n) is 19.3. The summed E-state index contributed by atoms with van der Waals surface area (Å²) in [6.45, 7) is 9.07. The second kappa shape index (κ2) is 11.8. The molecule has 32 heavy (non-hydrogen) atoms. The monoisotopic (exact) mass is 459 g/mol. The molecule has 8 heteroatoms. The van der Waals surface area contributed by atoms with Crippen LogP contribution in [0.3, 0.4) is 0 Å². The minimum atomic E-state index is -3.48. The van der Waals surface area contributed by atoms with Crippen LogP contribution in [0, 0.1) is 0 Å². The van der Waals surface area contributed by atoms with Crippen molar-refractivity contribution in [1.82, 2.24) is 9.21 Å². The first kappa shape index (κ1) is 25.5. The predicted octanol–water partition coefficient (Wildman–Crippen LogP) is 3.66. The molecule has 2 amide bonds. The molecule has 0 bridgehead atoms. The maximum Gasteiger partial charge on any atom is 0.243 e. The molecule has 0 aromatic heterocycles. The molecule has 7 nitrogen and oxygen atoms in total. The number of anilines is 1. The van der Waals surface area contributed by atoms with Crippen LogP contribution < -0.4 is 5.32 Å². The molecular weight excluding hydrogens is 426 g/mol. The molecule has 0 aliphatic rings. The number of hydrogen-bond donors (Lipinski definition) is 1. The fraction of sp³-hybridized carbons (Fsp3) is 0.417. The van der Waals surface area contributed by atoms with Crippen LogP contribution in [0.5, 0.6) is 0 Å². The van der Waals surface area contributed by atoms with E-state index in [1.165, 1.54) is 4.31 Å². The Labute approximate surface area is 191 Å². The highest BCUT2D eigenvalue weighted by atomic mass is 32.2. The van der Waals surface area contributed by atoms with Gasteiger partial charge in [-0.15, -0.1) is 0 Å². The molecule has 0 aliphatic heterocycles. The molecule has 0 heterocycles. The van der Waals surface area contributed by atoms with E-state index < -0.39 is 10.0 Å². The first-order valence-electron chi connectivity index (χ1n) is 10.9. The molecule has 2 rings (SSSR count). The number of sulfonamides is 1. The van der Waals surface area contributed by atoms with E-state index in [0.29, 0.717) is 38.3 Å². The Morgan fingerprint density at radius 1 is 0.906 bits per heavy atom. The summed E-state index contributed by atoms with van der Waals surface area (Å²) in [6, 6.07) is 14.2. The lowest BCUT2D eigenvalue weighted by Gasteiger charge is -2.19. The third-order valence-corrected chi connectivity index (χ3v) is 7.38. The van der Waals surface area contributed by atoms with Crippen molar-refractivity contribution in [3.63, 3.8) is 0 Å². The van der Waals surface area contributed by atoms with Crippen LogP contribution in [0.15, 0.2) is 53.4 Å². The number of amides is 2. The largest absolute Gasteiger partial charge is 0.339 e. The molecule has 2 aromatic rings. The van der Waals surface area contributed by atoms with Gasteiger partial charge in [0.25, 0.3) is 0 Å². The molecule has 0 fully saturated rings. The van der Waals surface area contributed by atoms with Crippen LogP contribution in [0.25, 0.3) is 0 Å². The lowest BCUT2D eigenvalue weighted by Crippen LogP contribution is -2.30. The van der Waals surface area contributed by atoms with Crippen molar-refractivity contribution >= 4 is 27.5 Å². The Morgan fingerprint density at radius 3 is 2.12 bits per heavy atom. The number of rotatable bonds is 11. The van der Waals surface area contributed by atoms with Crippen molar-refractivity contribution in [2.75, 3.05) is 25.0 Å². The van der Waals surface area contributed by atoms with Crippen LogP contribution in [0.4, 0.5) is 5.69 Å². The summed E-state index contributed by atoms with van der Waals surface area (Å²) in [5, 5.41) is 2.89. The van der Waals surface area contributed by atoms with E-state index in [1.54, 1.807) is 36.1 Å². The maximum absolute atomic E-state index is 12.6. The molecule has 0 atom stereocenters. The van der Waals surface area contributed by atoms with Crippen molar-refractivity contribution < 1.29 is 18.0 Å². The van der Waals surface area contributed by atoms with Crippen molar-refractivity contribution in [3.05, 3.63) is 59.7 Å². The summed E-state index contributed by atoms with van der Waals surface area (Å²) in [5.74, 6) is -0.112. The number of nitrogens with one attached hydrogen (secondary N) is 1. The van der Waals surface area contributed by atoms with Gasteiger partial charge in [0.2, 0.25) is 21.8 Å². The first-order chi connectivity index (χ1) is 15.2. The third kappa shape index (κ3) is 6.90. The average Bonchev–Trinajstić information content (AvgIpc) is 2.77. The Kier molecular flexibility index (Phi) is 9.41. The molecule has 0 spiro atoms. The number of hydrogen-bond acceptors (Lipinski definition) is 4. The minimum absolute atomic E-state index is 0.0119. The SMILES string of the molecule is CCN(Cc1cccc(NC(=O)CCc2ccc(S(=O)(=O)N(CC)CC)cc2)c1)C(C)=O. The maximum atomic E-state index is 12.6. The predicted molar refractivity (Wildman–Crippen MR) is 127 cm³/mol.